The average Bonchev–Trinajstić information content (AvgIpc) is 2.88. The van der Waals surface area contributed by atoms with Crippen LogP contribution in [0.5, 0.6) is 0 Å². The minimum absolute atomic E-state index is 0.0237. The summed E-state index contributed by atoms with van der Waals surface area (Å²) in [5.74, 6) is -0.914. The first-order valence-electron chi connectivity index (χ1n) is 7.79. The van der Waals surface area contributed by atoms with Crippen LogP contribution in [0.2, 0.25) is 0 Å². The van der Waals surface area contributed by atoms with Crippen molar-refractivity contribution in [2.24, 2.45) is 23.7 Å². The van der Waals surface area contributed by atoms with Gasteiger partial charge in [-0.3, -0.25) is 4.79 Å². The number of ether oxygens (including phenoxy) is 2. The third kappa shape index (κ3) is 2.37. The van der Waals surface area contributed by atoms with Gasteiger partial charge in [-0.1, -0.05) is 18.7 Å². The second-order valence-corrected chi connectivity index (χ2v) is 6.65. The fourth-order valence-electron chi connectivity index (χ4n) is 4.34. The number of carbonyl (C=O) groups is 2. The van der Waals surface area contributed by atoms with E-state index in [1.165, 1.54) is 6.92 Å². The maximum Gasteiger partial charge on any atom is 0.334 e. The molecule has 0 bridgehead atoms. The lowest BCUT2D eigenvalue weighted by atomic mass is 9.79. The number of rotatable bonds is 2. The van der Waals surface area contributed by atoms with Crippen molar-refractivity contribution < 1.29 is 24.2 Å². The smallest absolute Gasteiger partial charge is 0.334 e. The Kier molecular flexibility index (Phi) is 3.85. The van der Waals surface area contributed by atoms with Gasteiger partial charge in [0.25, 0.3) is 0 Å². The third-order valence-electron chi connectivity index (χ3n) is 5.46. The Bertz CT molecular complexity index is 537. The van der Waals surface area contributed by atoms with Crippen LogP contribution in [0.1, 0.15) is 26.2 Å². The summed E-state index contributed by atoms with van der Waals surface area (Å²) >= 11 is 0. The van der Waals surface area contributed by atoms with Gasteiger partial charge in [0, 0.05) is 30.3 Å². The first-order chi connectivity index (χ1) is 10.4. The molecular formula is C17H22O5. The Morgan fingerprint density at radius 1 is 1.41 bits per heavy atom. The highest BCUT2D eigenvalue weighted by atomic mass is 16.6. The Balaban J connectivity index is 1.90. The molecule has 1 N–H and O–H groups in total. The molecule has 5 nitrogen and oxygen atoms in total. The summed E-state index contributed by atoms with van der Waals surface area (Å²) < 4.78 is 10.7. The molecule has 0 aromatic rings. The zero-order chi connectivity index (χ0) is 16.0. The number of allylic oxidation sites excluding steroid dienone is 1. The molecule has 1 aliphatic heterocycles. The third-order valence-corrected chi connectivity index (χ3v) is 5.46. The van der Waals surface area contributed by atoms with Gasteiger partial charge in [0.2, 0.25) is 0 Å². The normalized spacial score (nSPS) is 40.7. The fourth-order valence-corrected chi connectivity index (χ4v) is 4.34. The van der Waals surface area contributed by atoms with E-state index in [0.717, 1.165) is 18.4 Å². The van der Waals surface area contributed by atoms with E-state index in [1.807, 2.05) is 0 Å². The Labute approximate surface area is 130 Å². The molecule has 0 unspecified atom stereocenters. The number of carbonyl (C=O) groups excluding carboxylic acids is 2. The monoisotopic (exact) mass is 306 g/mol. The summed E-state index contributed by atoms with van der Waals surface area (Å²) in [5, 5.41) is 10.4. The first kappa shape index (κ1) is 15.3. The van der Waals surface area contributed by atoms with Crippen molar-refractivity contribution in [1.29, 1.82) is 0 Å². The van der Waals surface area contributed by atoms with Gasteiger partial charge in [0.05, 0.1) is 12.7 Å². The fraction of sp³-hybridized carbons (Fsp3) is 0.647. The van der Waals surface area contributed by atoms with Gasteiger partial charge in [-0.2, -0.15) is 0 Å². The standard InChI is InChI=1S/C17H22O5/c1-8-4-5-11-9(2)17(20)22-16(11)15-12(8)6-14(19)13(15)7-21-10(3)18/h11-16,19H,1-2,4-7H2,3H3/t11-,12-,13+,14-,15+,16-/m0/s1. The molecule has 0 aromatic carbocycles. The van der Waals surface area contributed by atoms with Gasteiger partial charge >= 0.3 is 11.9 Å². The van der Waals surface area contributed by atoms with Crippen LogP contribution in [0.25, 0.3) is 0 Å². The highest BCUT2D eigenvalue weighted by Gasteiger charge is 2.55. The minimum atomic E-state index is -0.572. The maximum absolute atomic E-state index is 11.9. The van der Waals surface area contributed by atoms with Crippen molar-refractivity contribution in [3.8, 4) is 0 Å². The van der Waals surface area contributed by atoms with Crippen molar-refractivity contribution >= 4 is 11.9 Å². The lowest BCUT2D eigenvalue weighted by Gasteiger charge is -2.30. The SMILES string of the molecule is C=C1C(=O)O[C@@H]2[C@H]3[C@H](COC(C)=O)[C@@H](O)C[C@H]3C(=C)CC[C@@H]12. The predicted molar refractivity (Wildman–Crippen MR) is 78.6 cm³/mol. The Morgan fingerprint density at radius 2 is 2.14 bits per heavy atom. The molecule has 0 spiro atoms. The van der Waals surface area contributed by atoms with Gasteiger partial charge in [-0.25, -0.2) is 4.79 Å². The number of aliphatic hydroxyl groups is 1. The summed E-state index contributed by atoms with van der Waals surface area (Å²) in [7, 11) is 0. The molecule has 0 radical (unpaired) electrons. The molecule has 2 aliphatic carbocycles. The maximum atomic E-state index is 11.9. The molecule has 3 aliphatic rings. The average molecular weight is 306 g/mol. The summed E-state index contributed by atoms with van der Waals surface area (Å²) in [6.45, 7) is 9.53. The summed E-state index contributed by atoms with van der Waals surface area (Å²) in [4.78, 5) is 23.0. The number of hydrogen-bond acceptors (Lipinski definition) is 5. The molecular weight excluding hydrogens is 284 g/mol. The van der Waals surface area contributed by atoms with E-state index < -0.39 is 6.10 Å². The van der Waals surface area contributed by atoms with E-state index in [0.29, 0.717) is 12.0 Å². The van der Waals surface area contributed by atoms with Crippen LogP contribution in [-0.4, -0.2) is 35.9 Å². The van der Waals surface area contributed by atoms with Gasteiger partial charge in [0.1, 0.15) is 6.10 Å². The zero-order valence-electron chi connectivity index (χ0n) is 12.8. The second kappa shape index (κ2) is 5.54. The lowest BCUT2D eigenvalue weighted by molar-refractivity contribution is -0.148. The van der Waals surface area contributed by atoms with Gasteiger partial charge in [0.15, 0.2) is 0 Å². The molecule has 0 amide bonds. The molecule has 6 atom stereocenters. The van der Waals surface area contributed by atoms with Crippen molar-refractivity contribution in [1.82, 2.24) is 0 Å². The number of aliphatic hydroxyl groups excluding tert-OH is 1. The second-order valence-electron chi connectivity index (χ2n) is 6.65. The summed E-state index contributed by atoms with van der Waals surface area (Å²) in [6, 6.07) is 0. The van der Waals surface area contributed by atoms with E-state index in [4.69, 9.17) is 9.47 Å². The molecule has 0 aromatic heterocycles. The molecule has 120 valence electrons. The minimum Gasteiger partial charge on any atom is -0.465 e. The van der Waals surface area contributed by atoms with Crippen molar-refractivity contribution in [2.75, 3.05) is 6.61 Å². The van der Waals surface area contributed by atoms with Crippen molar-refractivity contribution in [3.05, 3.63) is 24.3 Å². The molecule has 1 heterocycles. The van der Waals surface area contributed by atoms with Gasteiger partial charge < -0.3 is 14.6 Å². The van der Waals surface area contributed by atoms with E-state index in [1.54, 1.807) is 0 Å². The van der Waals surface area contributed by atoms with Crippen LogP contribution in [0.15, 0.2) is 24.3 Å². The van der Waals surface area contributed by atoms with Crippen LogP contribution in [0, 0.1) is 23.7 Å². The lowest BCUT2D eigenvalue weighted by Crippen LogP contribution is -2.36. The van der Waals surface area contributed by atoms with Crippen LogP contribution in [0.3, 0.4) is 0 Å². The van der Waals surface area contributed by atoms with E-state index >= 15 is 0 Å². The largest absolute Gasteiger partial charge is 0.465 e. The molecule has 1 saturated heterocycles. The van der Waals surface area contributed by atoms with Crippen molar-refractivity contribution in [2.45, 2.75) is 38.4 Å². The molecule has 3 rings (SSSR count). The molecule has 2 saturated carbocycles. The summed E-state index contributed by atoms with van der Waals surface area (Å²) in [5.41, 5.74) is 1.61. The van der Waals surface area contributed by atoms with Gasteiger partial charge in [-0.15, -0.1) is 0 Å². The quantitative estimate of drug-likeness (QED) is 0.477. The van der Waals surface area contributed by atoms with Crippen LogP contribution >= 0.6 is 0 Å². The van der Waals surface area contributed by atoms with E-state index in [-0.39, 0.29) is 48.3 Å². The van der Waals surface area contributed by atoms with Crippen LogP contribution in [-0.2, 0) is 19.1 Å². The van der Waals surface area contributed by atoms with E-state index in [2.05, 4.69) is 13.2 Å². The molecule has 3 fully saturated rings. The topological polar surface area (TPSA) is 72.8 Å². The predicted octanol–water partition coefficient (Wildman–Crippen LogP) is 1.61. The highest BCUT2D eigenvalue weighted by molar-refractivity contribution is 5.90. The number of esters is 2. The first-order valence-corrected chi connectivity index (χ1v) is 7.79. The number of fused-ring (bicyclic) bond motifs is 3. The molecule has 5 heteroatoms. The number of hydrogen-bond donors (Lipinski definition) is 1. The van der Waals surface area contributed by atoms with Crippen LogP contribution < -0.4 is 0 Å². The van der Waals surface area contributed by atoms with Gasteiger partial charge in [-0.05, 0) is 25.2 Å². The zero-order valence-corrected chi connectivity index (χ0v) is 12.8. The highest BCUT2D eigenvalue weighted by Crippen LogP contribution is 2.52. The summed E-state index contributed by atoms with van der Waals surface area (Å²) in [6.07, 6.45) is 1.34. The van der Waals surface area contributed by atoms with Crippen molar-refractivity contribution in [3.63, 3.8) is 0 Å². The Hall–Kier alpha value is -1.62. The van der Waals surface area contributed by atoms with Crippen LogP contribution in [0.4, 0.5) is 0 Å². The van der Waals surface area contributed by atoms with E-state index in [9.17, 15) is 14.7 Å². The molecule has 22 heavy (non-hydrogen) atoms. The Morgan fingerprint density at radius 3 is 2.82 bits per heavy atom.